The molecule has 0 saturated heterocycles. The van der Waals surface area contributed by atoms with Crippen LogP contribution in [0.3, 0.4) is 0 Å². The van der Waals surface area contributed by atoms with Gasteiger partial charge in [-0.1, -0.05) is 0 Å². The minimum Gasteiger partial charge on any atom is -0.449 e. The summed E-state index contributed by atoms with van der Waals surface area (Å²) >= 11 is 0. The number of nitriles is 1. The fourth-order valence-corrected chi connectivity index (χ4v) is 3.36. The summed E-state index contributed by atoms with van der Waals surface area (Å²) in [6, 6.07) is 3.36. The maximum Gasteiger partial charge on any atom is 0.321 e. The van der Waals surface area contributed by atoms with Gasteiger partial charge in [0.1, 0.15) is 11.6 Å². The molecule has 0 saturated carbocycles. The van der Waals surface area contributed by atoms with Crippen LogP contribution in [0.15, 0.2) is 33.2 Å². The van der Waals surface area contributed by atoms with Crippen LogP contribution in [0.25, 0.3) is 0 Å². The summed E-state index contributed by atoms with van der Waals surface area (Å²) in [5.74, 6) is -7.29. The lowest BCUT2D eigenvalue weighted by molar-refractivity contribution is -0.120. The minimum absolute atomic E-state index is 0.0172. The molecule has 0 fully saturated rings. The Kier molecular flexibility index (Phi) is 7.14. The van der Waals surface area contributed by atoms with Crippen LogP contribution in [0.2, 0.25) is 0 Å². The SMILES string of the molecule is CC1=NC(=O)C(Cn2cnc(C(F)(F)CF)c(Oc3cc(C(F)F)cc(C#N)c3C)c2=O)C(C)=N1. The molecule has 13 heteroatoms. The Morgan fingerprint density at radius 2 is 1.89 bits per heavy atom. The molecule has 2 heterocycles. The van der Waals surface area contributed by atoms with E-state index in [9.17, 15) is 36.8 Å². The molecule has 1 aromatic carbocycles. The van der Waals surface area contributed by atoms with Gasteiger partial charge in [0.2, 0.25) is 5.75 Å². The van der Waals surface area contributed by atoms with Crippen molar-refractivity contribution < 1.29 is 31.5 Å². The van der Waals surface area contributed by atoms with E-state index in [2.05, 4.69) is 15.0 Å². The average molecular weight is 495 g/mol. The Hall–Kier alpha value is -3.95. The first-order valence-electron chi connectivity index (χ1n) is 10.1. The fraction of sp³-hybridized carbons (Fsp3) is 0.364. The molecular formula is C22H18F5N5O3. The molecule has 0 radical (unpaired) electrons. The maximum absolute atomic E-state index is 14.3. The van der Waals surface area contributed by atoms with Crippen LogP contribution in [-0.4, -0.2) is 33.7 Å². The number of amides is 1. The molecule has 1 atom stereocenters. The van der Waals surface area contributed by atoms with Crippen LogP contribution < -0.4 is 10.3 Å². The highest BCUT2D eigenvalue weighted by atomic mass is 19.3. The van der Waals surface area contributed by atoms with Gasteiger partial charge in [-0.2, -0.15) is 19.0 Å². The topological polar surface area (TPSA) is 110 Å². The fourth-order valence-electron chi connectivity index (χ4n) is 3.36. The predicted molar refractivity (Wildman–Crippen MR) is 114 cm³/mol. The van der Waals surface area contributed by atoms with E-state index in [1.165, 1.54) is 20.8 Å². The Bertz CT molecular complexity index is 1340. The van der Waals surface area contributed by atoms with Crippen molar-refractivity contribution in [1.82, 2.24) is 9.55 Å². The summed E-state index contributed by atoms with van der Waals surface area (Å²) in [5, 5.41) is 9.23. The number of hydrogen-bond donors (Lipinski definition) is 0. The van der Waals surface area contributed by atoms with Gasteiger partial charge >= 0.3 is 5.92 Å². The third-order valence-corrected chi connectivity index (χ3v) is 5.27. The van der Waals surface area contributed by atoms with Crippen molar-refractivity contribution >= 4 is 17.5 Å². The van der Waals surface area contributed by atoms with Gasteiger partial charge < -0.3 is 4.74 Å². The second kappa shape index (κ2) is 9.73. The number of nitrogens with zero attached hydrogens (tertiary/aromatic N) is 5. The summed E-state index contributed by atoms with van der Waals surface area (Å²) in [6.07, 6.45) is -2.34. The lowest BCUT2D eigenvalue weighted by Gasteiger charge is -2.21. The van der Waals surface area contributed by atoms with Crippen molar-refractivity contribution in [3.63, 3.8) is 0 Å². The van der Waals surface area contributed by atoms with Crippen LogP contribution in [0.5, 0.6) is 11.5 Å². The van der Waals surface area contributed by atoms with Gasteiger partial charge in [-0.3, -0.25) is 14.2 Å². The summed E-state index contributed by atoms with van der Waals surface area (Å²) in [4.78, 5) is 36.7. The number of alkyl halides is 5. The molecule has 0 aliphatic carbocycles. The van der Waals surface area contributed by atoms with Gasteiger partial charge in [-0.15, -0.1) is 0 Å². The molecule has 184 valence electrons. The number of carbonyl (C=O) groups is 1. The normalized spacial score (nSPS) is 16.1. The summed E-state index contributed by atoms with van der Waals surface area (Å²) in [6.45, 7) is 1.70. The van der Waals surface area contributed by atoms with Crippen LogP contribution in [0.1, 0.15) is 42.7 Å². The van der Waals surface area contributed by atoms with Gasteiger partial charge in [-0.25, -0.2) is 23.1 Å². The van der Waals surface area contributed by atoms with Crippen molar-refractivity contribution in [3.05, 3.63) is 51.2 Å². The number of aromatic nitrogens is 2. The third kappa shape index (κ3) is 5.11. The number of ether oxygens (including phenoxy) is 1. The predicted octanol–water partition coefficient (Wildman–Crippen LogP) is 4.25. The Balaban J connectivity index is 2.16. The van der Waals surface area contributed by atoms with Gasteiger partial charge in [-0.05, 0) is 32.9 Å². The zero-order valence-electron chi connectivity index (χ0n) is 18.7. The lowest BCUT2D eigenvalue weighted by atomic mass is 10.0. The molecule has 35 heavy (non-hydrogen) atoms. The van der Waals surface area contributed by atoms with E-state index in [1.54, 1.807) is 6.07 Å². The van der Waals surface area contributed by atoms with Crippen LogP contribution in [0.4, 0.5) is 22.0 Å². The highest BCUT2D eigenvalue weighted by molar-refractivity contribution is 6.14. The molecule has 1 unspecified atom stereocenters. The molecule has 0 spiro atoms. The van der Waals surface area contributed by atoms with E-state index in [0.717, 1.165) is 16.7 Å². The molecule has 3 rings (SSSR count). The summed E-state index contributed by atoms with van der Waals surface area (Å²) < 4.78 is 74.4. The number of aliphatic imine (C=N–C) groups is 2. The summed E-state index contributed by atoms with van der Waals surface area (Å²) in [7, 11) is 0. The Morgan fingerprint density at radius 1 is 1.20 bits per heavy atom. The standard InChI is InChI=1S/C22H18F5N5O3/c1-10-14(6-28)4-13(19(24)25)5-16(10)35-17-18(22(26,27)8-23)29-9-32(21(17)34)7-15-11(2)30-12(3)31-20(15)33/h4-5,9,15,19H,7-8H2,1-3H3. The van der Waals surface area contributed by atoms with E-state index in [0.29, 0.717) is 12.0 Å². The van der Waals surface area contributed by atoms with E-state index in [4.69, 9.17) is 4.74 Å². The molecule has 0 N–H and O–H groups in total. The number of hydrogen-bond acceptors (Lipinski definition) is 6. The molecule has 8 nitrogen and oxygen atoms in total. The van der Waals surface area contributed by atoms with Crippen molar-refractivity contribution in [2.45, 2.75) is 39.7 Å². The number of rotatable bonds is 7. The first kappa shape index (κ1) is 25.7. The number of carbonyl (C=O) groups excluding carboxylic acids is 1. The molecule has 2 aromatic rings. The molecule has 1 aliphatic rings. The molecule has 0 bridgehead atoms. The van der Waals surface area contributed by atoms with E-state index < -0.39 is 65.7 Å². The zero-order chi connectivity index (χ0) is 26.1. The largest absolute Gasteiger partial charge is 0.449 e. The van der Waals surface area contributed by atoms with Gasteiger partial charge in [0.25, 0.3) is 17.9 Å². The number of benzene rings is 1. The second-order valence-corrected chi connectivity index (χ2v) is 7.73. The first-order chi connectivity index (χ1) is 16.4. The quantitative estimate of drug-likeness (QED) is 0.534. The van der Waals surface area contributed by atoms with Crippen LogP contribution >= 0.6 is 0 Å². The van der Waals surface area contributed by atoms with Crippen molar-refractivity contribution in [2.75, 3.05) is 6.67 Å². The monoisotopic (exact) mass is 495 g/mol. The zero-order valence-corrected chi connectivity index (χ0v) is 18.7. The molecule has 1 aliphatic heterocycles. The Morgan fingerprint density at radius 3 is 2.46 bits per heavy atom. The van der Waals surface area contributed by atoms with Crippen molar-refractivity contribution in [3.8, 4) is 17.6 Å². The first-order valence-corrected chi connectivity index (χ1v) is 10.1. The van der Waals surface area contributed by atoms with E-state index in [-0.39, 0.29) is 17.0 Å². The Labute approximate surface area is 195 Å². The van der Waals surface area contributed by atoms with E-state index >= 15 is 0 Å². The van der Waals surface area contributed by atoms with E-state index in [1.807, 2.05) is 0 Å². The van der Waals surface area contributed by atoms with Gasteiger partial charge in [0, 0.05) is 23.4 Å². The van der Waals surface area contributed by atoms with Gasteiger partial charge in [0.15, 0.2) is 12.4 Å². The summed E-state index contributed by atoms with van der Waals surface area (Å²) in [5.41, 5.74) is -3.19. The number of halogens is 5. The van der Waals surface area contributed by atoms with Crippen LogP contribution in [0, 0.1) is 24.2 Å². The van der Waals surface area contributed by atoms with Crippen LogP contribution in [-0.2, 0) is 17.3 Å². The average Bonchev–Trinajstić information content (AvgIpc) is 2.79. The van der Waals surface area contributed by atoms with Crippen molar-refractivity contribution in [1.29, 1.82) is 5.26 Å². The van der Waals surface area contributed by atoms with Gasteiger partial charge in [0.05, 0.1) is 23.9 Å². The highest BCUT2D eigenvalue weighted by Gasteiger charge is 2.39. The molecule has 1 aromatic heterocycles. The molecular weight excluding hydrogens is 477 g/mol. The van der Waals surface area contributed by atoms with Crippen molar-refractivity contribution in [2.24, 2.45) is 15.9 Å². The highest BCUT2D eigenvalue weighted by Crippen LogP contribution is 2.37. The molecule has 1 amide bonds. The minimum atomic E-state index is -4.25. The lowest BCUT2D eigenvalue weighted by Crippen LogP contribution is -2.35. The second-order valence-electron chi connectivity index (χ2n) is 7.73. The third-order valence-electron chi connectivity index (χ3n) is 5.27. The number of amidine groups is 1. The smallest absolute Gasteiger partial charge is 0.321 e. The maximum atomic E-state index is 14.3.